The summed E-state index contributed by atoms with van der Waals surface area (Å²) in [6.45, 7) is 3.79. The Morgan fingerprint density at radius 2 is 1.68 bits per heavy atom. The second kappa shape index (κ2) is 8.03. The standard InChI is InChI=1S/C19H22N6O3/c1-12(2)8-16(26)22-13-4-6-14(7-5-13)23-17(27)10-25-11-20-18-15(19(25)28)9-21-24(18)3/h4-7,9,11-12H,8,10H2,1-3H3,(H,22,26)(H,23,27). The number of hydrogen-bond donors (Lipinski definition) is 2. The molecule has 2 aromatic heterocycles. The summed E-state index contributed by atoms with van der Waals surface area (Å²) in [6.07, 6.45) is 3.22. The molecule has 0 unspecified atom stereocenters. The van der Waals surface area contributed by atoms with Gasteiger partial charge in [0, 0.05) is 24.8 Å². The van der Waals surface area contributed by atoms with Crippen molar-refractivity contribution in [1.29, 1.82) is 0 Å². The quantitative estimate of drug-likeness (QED) is 0.675. The predicted molar refractivity (Wildman–Crippen MR) is 106 cm³/mol. The van der Waals surface area contributed by atoms with Crippen LogP contribution in [0.1, 0.15) is 20.3 Å². The number of carbonyl (C=O) groups excluding carboxylic acids is 2. The maximum Gasteiger partial charge on any atom is 0.264 e. The summed E-state index contributed by atoms with van der Waals surface area (Å²) in [4.78, 5) is 40.6. The lowest BCUT2D eigenvalue weighted by Gasteiger charge is -2.10. The number of fused-ring (bicyclic) bond motifs is 1. The van der Waals surface area contributed by atoms with Crippen LogP contribution in [-0.4, -0.2) is 31.1 Å². The first kappa shape index (κ1) is 19.3. The molecule has 0 aliphatic rings. The number of aryl methyl sites for hydroxylation is 1. The fourth-order valence-electron chi connectivity index (χ4n) is 2.75. The molecule has 1 aromatic carbocycles. The number of hydrogen-bond acceptors (Lipinski definition) is 5. The Morgan fingerprint density at radius 3 is 2.29 bits per heavy atom. The van der Waals surface area contributed by atoms with Crippen LogP contribution in [0.5, 0.6) is 0 Å². The summed E-state index contributed by atoms with van der Waals surface area (Å²) in [5, 5.41) is 9.89. The molecule has 0 fully saturated rings. The van der Waals surface area contributed by atoms with Crippen LogP contribution >= 0.6 is 0 Å². The van der Waals surface area contributed by atoms with Gasteiger partial charge in [0.2, 0.25) is 11.8 Å². The molecule has 3 aromatic rings. The highest BCUT2D eigenvalue weighted by Crippen LogP contribution is 2.14. The van der Waals surface area contributed by atoms with Crippen LogP contribution in [0.2, 0.25) is 0 Å². The van der Waals surface area contributed by atoms with Gasteiger partial charge < -0.3 is 10.6 Å². The summed E-state index contributed by atoms with van der Waals surface area (Å²) in [5.74, 6) is -0.129. The van der Waals surface area contributed by atoms with E-state index in [0.29, 0.717) is 28.8 Å². The Labute approximate surface area is 161 Å². The zero-order chi connectivity index (χ0) is 20.3. The molecule has 0 aliphatic carbocycles. The third-order valence-corrected chi connectivity index (χ3v) is 4.08. The van der Waals surface area contributed by atoms with Crippen LogP contribution in [0.15, 0.2) is 41.6 Å². The maximum absolute atomic E-state index is 12.4. The highest BCUT2D eigenvalue weighted by atomic mass is 16.2. The third kappa shape index (κ3) is 4.43. The normalized spacial score (nSPS) is 11.0. The lowest BCUT2D eigenvalue weighted by molar-refractivity contribution is -0.117. The van der Waals surface area contributed by atoms with E-state index in [9.17, 15) is 14.4 Å². The summed E-state index contributed by atoms with van der Waals surface area (Å²) in [7, 11) is 1.70. The van der Waals surface area contributed by atoms with Crippen molar-refractivity contribution in [3.63, 3.8) is 0 Å². The number of amides is 2. The van der Waals surface area contributed by atoms with Crippen LogP contribution in [0, 0.1) is 5.92 Å². The van der Waals surface area contributed by atoms with Gasteiger partial charge in [-0.25, -0.2) is 4.98 Å². The molecule has 9 nitrogen and oxygen atoms in total. The largest absolute Gasteiger partial charge is 0.326 e. The average molecular weight is 382 g/mol. The fourth-order valence-corrected chi connectivity index (χ4v) is 2.75. The van der Waals surface area contributed by atoms with Crippen LogP contribution in [-0.2, 0) is 23.2 Å². The van der Waals surface area contributed by atoms with E-state index in [0.717, 1.165) is 0 Å². The molecule has 0 aliphatic heterocycles. The minimum Gasteiger partial charge on any atom is -0.326 e. The molecule has 2 heterocycles. The number of nitrogens with zero attached hydrogens (tertiary/aromatic N) is 4. The fraction of sp³-hybridized carbons (Fsp3) is 0.316. The minimum atomic E-state index is -0.358. The lowest BCUT2D eigenvalue weighted by atomic mass is 10.1. The molecule has 0 saturated carbocycles. The van der Waals surface area contributed by atoms with Gasteiger partial charge in [-0.3, -0.25) is 23.6 Å². The number of benzene rings is 1. The Morgan fingerprint density at radius 1 is 1.07 bits per heavy atom. The van der Waals surface area contributed by atoms with Gasteiger partial charge in [-0.15, -0.1) is 0 Å². The van der Waals surface area contributed by atoms with Gasteiger partial charge in [0.25, 0.3) is 5.56 Å². The van der Waals surface area contributed by atoms with E-state index < -0.39 is 0 Å². The first-order chi connectivity index (χ1) is 13.3. The Bertz CT molecular complexity index is 1070. The molecule has 28 heavy (non-hydrogen) atoms. The van der Waals surface area contributed by atoms with Crippen molar-refractivity contribution >= 4 is 34.2 Å². The van der Waals surface area contributed by atoms with E-state index in [4.69, 9.17) is 0 Å². The first-order valence-corrected chi connectivity index (χ1v) is 8.90. The van der Waals surface area contributed by atoms with Crippen molar-refractivity contribution in [3.05, 3.63) is 47.1 Å². The van der Waals surface area contributed by atoms with Gasteiger partial charge in [-0.05, 0) is 30.2 Å². The van der Waals surface area contributed by atoms with Crippen molar-refractivity contribution in [2.75, 3.05) is 10.6 Å². The molecule has 146 valence electrons. The van der Waals surface area contributed by atoms with Crippen LogP contribution < -0.4 is 16.2 Å². The van der Waals surface area contributed by atoms with Gasteiger partial charge in [-0.2, -0.15) is 5.10 Å². The third-order valence-electron chi connectivity index (χ3n) is 4.08. The van der Waals surface area contributed by atoms with Crippen LogP contribution in [0.25, 0.3) is 11.0 Å². The number of rotatable bonds is 6. The molecule has 0 spiro atoms. The van der Waals surface area contributed by atoms with E-state index >= 15 is 0 Å². The second-order valence-electron chi connectivity index (χ2n) is 6.95. The highest BCUT2D eigenvalue weighted by molar-refractivity contribution is 5.93. The van der Waals surface area contributed by atoms with Gasteiger partial charge in [0.1, 0.15) is 18.3 Å². The van der Waals surface area contributed by atoms with Crippen molar-refractivity contribution in [1.82, 2.24) is 19.3 Å². The van der Waals surface area contributed by atoms with E-state index in [-0.39, 0.29) is 29.8 Å². The SMILES string of the molecule is CC(C)CC(=O)Nc1ccc(NC(=O)Cn2cnc3c(cnn3C)c2=O)cc1. The topological polar surface area (TPSA) is 111 Å². The van der Waals surface area contributed by atoms with Gasteiger partial charge >= 0.3 is 0 Å². The summed E-state index contributed by atoms with van der Waals surface area (Å²) >= 11 is 0. The van der Waals surface area contributed by atoms with E-state index in [1.54, 1.807) is 31.3 Å². The smallest absolute Gasteiger partial charge is 0.264 e. The second-order valence-corrected chi connectivity index (χ2v) is 6.95. The van der Waals surface area contributed by atoms with Crippen molar-refractivity contribution in [2.45, 2.75) is 26.8 Å². The van der Waals surface area contributed by atoms with Gasteiger partial charge in [0.15, 0.2) is 5.65 Å². The Hall–Kier alpha value is -3.49. The Balaban J connectivity index is 1.63. The average Bonchev–Trinajstić information content (AvgIpc) is 3.00. The highest BCUT2D eigenvalue weighted by Gasteiger charge is 2.11. The predicted octanol–water partition coefficient (Wildman–Crippen LogP) is 1.75. The lowest BCUT2D eigenvalue weighted by Crippen LogP contribution is -2.27. The molecular formula is C19H22N6O3. The number of carbonyl (C=O) groups is 2. The number of aromatic nitrogens is 4. The van der Waals surface area contributed by atoms with Crippen LogP contribution in [0.3, 0.4) is 0 Å². The molecule has 3 rings (SSSR count). The van der Waals surface area contributed by atoms with Crippen LogP contribution in [0.4, 0.5) is 11.4 Å². The summed E-state index contributed by atoms with van der Waals surface area (Å²) in [5.41, 5.74) is 1.37. The van der Waals surface area contributed by atoms with Crippen molar-refractivity contribution in [2.24, 2.45) is 13.0 Å². The zero-order valence-corrected chi connectivity index (χ0v) is 16.0. The van der Waals surface area contributed by atoms with Gasteiger partial charge in [-0.1, -0.05) is 13.8 Å². The number of nitrogens with one attached hydrogen (secondary N) is 2. The molecule has 2 amide bonds. The van der Waals surface area contributed by atoms with E-state index in [1.807, 2.05) is 13.8 Å². The molecule has 0 saturated heterocycles. The molecule has 9 heteroatoms. The number of anilines is 2. The molecule has 0 bridgehead atoms. The molecular weight excluding hydrogens is 360 g/mol. The molecule has 2 N–H and O–H groups in total. The molecule has 0 atom stereocenters. The summed E-state index contributed by atoms with van der Waals surface area (Å²) < 4.78 is 2.74. The maximum atomic E-state index is 12.4. The van der Waals surface area contributed by atoms with E-state index in [2.05, 4.69) is 20.7 Å². The minimum absolute atomic E-state index is 0.0514. The van der Waals surface area contributed by atoms with Gasteiger partial charge in [0.05, 0.1) is 6.20 Å². The zero-order valence-electron chi connectivity index (χ0n) is 16.0. The van der Waals surface area contributed by atoms with Crippen molar-refractivity contribution < 1.29 is 9.59 Å². The molecule has 0 radical (unpaired) electrons. The Kier molecular flexibility index (Phi) is 5.53. The van der Waals surface area contributed by atoms with Crippen molar-refractivity contribution in [3.8, 4) is 0 Å². The first-order valence-electron chi connectivity index (χ1n) is 8.90. The van der Waals surface area contributed by atoms with E-state index in [1.165, 1.54) is 21.8 Å². The summed E-state index contributed by atoms with van der Waals surface area (Å²) in [6, 6.07) is 6.80. The monoisotopic (exact) mass is 382 g/mol.